The summed E-state index contributed by atoms with van der Waals surface area (Å²) in [6.07, 6.45) is 3.74. The summed E-state index contributed by atoms with van der Waals surface area (Å²) in [4.78, 5) is 10.3. The highest BCUT2D eigenvalue weighted by atomic mass is 16.1. The molecule has 2 heteroatoms. The van der Waals surface area contributed by atoms with Crippen LogP contribution in [-0.4, -0.2) is 12.5 Å². The third-order valence-electron chi connectivity index (χ3n) is 1.01. The number of hydrogen-bond acceptors (Lipinski definition) is 1. The Morgan fingerprint density at radius 1 is 1.71 bits per heavy atom. The quantitative estimate of drug-likeness (QED) is 0.428. The Bertz CT molecular complexity index is 72.1. The van der Waals surface area contributed by atoms with Gasteiger partial charge >= 0.3 is 5.91 Å². The number of piperidine rings is 1. The smallest absolute Gasteiger partial charge is 0.316 e. The van der Waals surface area contributed by atoms with E-state index in [1.54, 1.807) is 6.42 Å². The Morgan fingerprint density at radius 3 is 2.86 bits per heavy atom. The molecule has 0 aromatic heterocycles. The third-order valence-corrected chi connectivity index (χ3v) is 1.01. The van der Waals surface area contributed by atoms with E-state index in [9.17, 15) is 4.79 Å². The minimum Gasteiger partial charge on any atom is -0.316 e. The van der Waals surface area contributed by atoms with E-state index in [1.807, 2.05) is 0 Å². The highest BCUT2D eigenvalue weighted by molar-refractivity contribution is 5.85. The first-order chi connectivity index (χ1) is 3.39. The van der Waals surface area contributed by atoms with Crippen LogP contribution in [0.1, 0.15) is 12.8 Å². The molecule has 1 rings (SSSR count). The summed E-state index contributed by atoms with van der Waals surface area (Å²) < 4.78 is 0. The average Bonchev–Trinajstić information content (AvgIpc) is 1.69. The van der Waals surface area contributed by atoms with Crippen molar-refractivity contribution in [2.75, 3.05) is 6.54 Å². The van der Waals surface area contributed by atoms with Crippen molar-refractivity contribution in [3.8, 4) is 0 Å². The number of carbonyl (C=O) groups excluding carboxylic acids is 1. The van der Waals surface area contributed by atoms with Crippen LogP contribution in [0, 0.1) is 6.42 Å². The fraction of sp³-hybridized carbons (Fsp3) is 0.600. The van der Waals surface area contributed by atoms with Crippen molar-refractivity contribution >= 4 is 5.91 Å². The number of amides is 1. The molecular weight excluding hydrogens is 90.1 g/mol. The van der Waals surface area contributed by atoms with Crippen molar-refractivity contribution in [2.24, 2.45) is 0 Å². The van der Waals surface area contributed by atoms with Crippen molar-refractivity contribution in [1.82, 2.24) is 5.32 Å². The first-order valence-electron chi connectivity index (χ1n) is 2.50. The maximum absolute atomic E-state index is 10.3. The fourth-order valence-electron chi connectivity index (χ4n) is 0.619. The molecule has 1 heterocycles. The molecule has 0 saturated carbocycles. The predicted molar refractivity (Wildman–Crippen MR) is 26.5 cm³/mol. The van der Waals surface area contributed by atoms with Crippen LogP contribution in [0.3, 0.4) is 0 Å². The molecule has 0 atom stereocenters. The molecule has 0 bridgehead atoms. The molecule has 0 aromatic rings. The lowest BCUT2D eigenvalue weighted by Gasteiger charge is -2.00. The van der Waals surface area contributed by atoms with Gasteiger partial charge in [0.25, 0.3) is 0 Å². The second kappa shape index (κ2) is 1.87. The van der Waals surface area contributed by atoms with Crippen molar-refractivity contribution in [3.63, 3.8) is 0 Å². The van der Waals surface area contributed by atoms with Crippen LogP contribution in [0.4, 0.5) is 0 Å². The van der Waals surface area contributed by atoms with Gasteiger partial charge in [-0.3, -0.25) is 0 Å². The van der Waals surface area contributed by atoms with Crippen LogP contribution in [0.5, 0.6) is 0 Å². The molecule has 1 fully saturated rings. The molecule has 38 valence electrons. The summed E-state index contributed by atoms with van der Waals surface area (Å²) in [7, 11) is 0. The SMILES string of the molecule is O=C1[CH+]CCCN1. The van der Waals surface area contributed by atoms with E-state index in [-0.39, 0.29) is 5.91 Å². The summed E-state index contributed by atoms with van der Waals surface area (Å²) in [6, 6.07) is 0. The molecule has 0 unspecified atom stereocenters. The van der Waals surface area contributed by atoms with Gasteiger partial charge in [-0.25, -0.2) is 4.79 Å². The molecule has 0 aliphatic carbocycles. The van der Waals surface area contributed by atoms with E-state index >= 15 is 0 Å². The van der Waals surface area contributed by atoms with Crippen LogP contribution in [-0.2, 0) is 4.79 Å². The van der Waals surface area contributed by atoms with E-state index in [1.165, 1.54) is 0 Å². The predicted octanol–water partition coefficient (Wildman–Crippen LogP) is 0.101. The van der Waals surface area contributed by atoms with E-state index < -0.39 is 0 Å². The van der Waals surface area contributed by atoms with Crippen LogP contribution >= 0.6 is 0 Å². The van der Waals surface area contributed by atoms with Gasteiger partial charge in [0.05, 0.1) is 0 Å². The number of hydrogen-bond donors (Lipinski definition) is 1. The zero-order chi connectivity index (χ0) is 5.11. The number of nitrogens with one attached hydrogen (secondary N) is 1. The maximum atomic E-state index is 10.3. The third kappa shape index (κ3) is 1.11. The first kappa shape index (κ1) is 4.50. The number of rotatable bonds is 0. The lowest BCUT2D eigenvalue weighted by Crippen LogP contribution is -2.28. The molecule has 7 heavy (non-hydrogen) atoms. The minimum atomic E-state index is 0.0891. The second-order valence-electron chi connectivity index (χ2n) is 1.64. The molecule has 1 N–H and O–H groups in total. The van der Waals surface area contributed by atoms with E-state index in [0.29, 0.717) is 0 Å². The van der Waals surface area contributed by atoms with Crippen LogP contribution < -0.4 is 5.32 Å². The summed E-state index contributed by atoms with van der Waals surface area (Å²) >= 11 is 0. The molecule has 0 radical (unpaired) electrons. The Kier molecular flexibility index (Phi) is 1.20. The van der Waals surface area contributed by atoms with Gasteiger partial charge in [-0.1, -0.05) is 0 Å². The summed E-state index contributed by atoms with van der Waals surface area (Å²) in [5, 5.41) is 2.69. The summed E-state index contributed by atoms with van der Waals surface area (Å²) in [5.41, 5.74) is 0. The molecule has 0 aromatic carbocycles. The fourth-order valence-corrected chi connectivity index (χ4v) is 0.619. The molecule has 1 saturated heterocycles. The Balaban J connectivity index is 2.25. The van der Waals surface area contributed by atoms with Gasteiger partial charge < -0.3 is 5.32 Å². The highest BCUT2D eigenvalue weighted by Crippen LogP contribution is 1.97. The van der Waals surface area contributed by atoms with Crippen molar-refractivity contribution in [2.45, 2.75) is 12.8 Å². The number of carbonyl (C=O) groups is 1. The van der Waals surface area contributed by atoms with Crippen LogP contribution in [0.2, 0.25) is 0 Å². The van der Waals surface area contributed by atoms with Crippen molar-refractivity contribution in [1.29, 1.82) is 0 Å². The lowest BCUT2D eigenvalue weighted by molar-refractivity contribution is -0.118. The molecule has 2 nitrogen and oxygen atoms in total. The topological polar surface area (TPSA) is 29.1 Å². The maximum Gasteiger partial charge on any atom is 0.401 e. The summed E-state index contributed by atoms with van der Waals surface area (Å²) in [5.74, 6) is 0.0891. The van der Waals surface area contributed by atoms with E-state index in [4.69, 9.17) is 0 Å². The van der Waals surface area contributed by atoms with Crippen molar-refractivity contribution in [3.05, 3.63) is 6.42 Å². The largest absolute Gasteiger partial charge is 0.401 e. The Hall–Kier alpha value is -0.660. The molecule has 0 spiro atoms. The Labute approximate surface area is 42.9 Å². The molecular formula is C5H8NO+. The van der Waals surface area contributed by atoms with Crippen LogP contribution in [0.25, 0.3) is 0 Å². The second-order valence-corrected chi connectivity index (χ2v) is 1.64. The van der Waals surface area contributed by atoms with Gasteiger partial charge in [-0.05, 0) is 0 Å². The summed E-state index contributed by atoms with van der Waals surface area (Å²) in [6.45, 7) is 0.856. The van der Waals surface area contributed by atoms with Gasteiger partial charge in [0.15, 0.2) is 6.42 Å². The molecule has 1 aliphatic heterocycles. The normalized spacial score (nSPS) is 20.3. The van der Waals surface area contributed by atoms with E-state index in [2.05, 4.69) is 5.32 Å². The zero-order valence-electron chi connectivity index (χ0n) is 4.11. The van der Waals surface area contributed by atoms with Gasteiger partial charge in [-0.15, -0.1) is 0 Å². The van der Waals surface area contributed by atoms with Gasteiger partial charge in [-0.2, -0.15) is 0 Å². The van der Waals surface area contributed by atoms with Gasteiger partial charge in [0, 0.05) is 13.0 Å². The molecule has 1 aliphatic rings. The zero-order valence-corrected chi connectivity index (χ0v) is 4.11. The highest BCUT2D eigenvalue weighted by Gasteiger charge is 2.15. The van der Waals surface area contributed by atoms with Gasteiger partial charge in [0.1, 0.15) is 6.42 Å². The lowest BCUT2D eigenvalue weighted by atomic mass is 10.2. The van der Waals surface area contributed by atoms with Crippen molar-refractivity contribution < 1.29 is 4.79 Å². The Morgan fingerprint density at radius 2 is 2.57 bits per heavy atom. The first-order valence-corrected chi connectivity index (χ1v) is 2.50. The minimum absolute atomic E-state index is 0.0891. The van der Waals surface area contributed by atoms with Crippen LogP contribution in [0.15, 0.2) is 0 Å². The molecule has 1 amide bonds. The average molecular weight is 98.1 g/mol. The monoisotopic (exact) mass is 98.1 g/mol. The standard InChI is InChI=1S/C5H7NO/c7-5-3-1-2-4-6-5/h3H,1-2,4H2/p+1. The van der Waals surface area contributed by atoms with E-state index in [0.717, 1.165) is 19.4 Å². The van der Waals surface area contributed by atoms with Gasteiger partial charge in [0.2, 0.25) is 0 Å².